The highest BCUT2D eigenvalue weighted by atomic mass is 16.3. The van der Waals surface area contributed by atoms with Crippen LogP contribution in [-0.4, -0.2) is 52.9 Å². The van der Waals surface area contributed by atoms with E-state index in [1.165, 1.54) is 12.1 Å². The standard InChI is InChI=1S/C34H41N5O5/c35-27(19-24-15-17-25(40)18-16-24)33(43)37-28-14-8-7-13-26(28)32(42)39-30(21-23-11-5-2-6-12-23)34(44)38-29(31(36)41)20-22-9-3-1-4-10-22/h1-6,9-12,15-18,26-30,40H,7-8,13-14,19-21,35H2,(H2,36,41)(H,37,43)(H,38,44)(H,39,42)/t26-,27+,28-,29+,30+/m1/s1. The van der Waals surface area contributed by atoms with Crippen LogP contribution in [0.15, 0.2) is 84.9 Å². The van der Waals surface area contributed by atoms with Crippen molar-refractivity contribution in [1.29, 1.82) is 0 Å². The van der Waals surface area contributed by atoms with Gasteiger partial charge in [-0.05, 0) is 48.1 Å². The van der Waals surface area contributed by atoms with E-state index in [-0.39, 0.29) is 36.8 Å². The molecule has 0 aromatic heterocycles. The lowest BCUT2D eigenvalue weighted by molar-refractivity contribution is -0.134. The largest absolute Gasteiger partial charge is 0.508 e. The molecule has 0 radical (unpaired) electrons. The smallest absolute Gasteiger partial charge is 0.243 e. The summed E-state index contributed by atoms with van der Waals surface area (Å²) in [5.74, 6) is -2.34. The van der Waals surface area contributed by atoms with E-state index in [1.807, 2.05) is 60.7 Å². The fourth-order valence-electron chi connectivity index (χ4n) is 5.57. The number of phenols is 1. The van der Waals surface area contributed by atoms with Gasteiger partial charge in [-0.3, -0.25) is 19.2 Å². The third-order valence-corrected chi connectivity index (χ3v) is 8.02. The molecule has 0 aliphatic heterocycles. The maximum absolute atomic E-state index is 13.7. The minimum absolute atomic E-state index is 0.128. The van der Waals surface area contributed by atoms with Gasteiger partial charge in [0.1, 0.15) is 17.8 Å². The second-order valence-electron chi connectivity index (χ2n) is 11.4. The van der Waals surface area contributed by atoms with Crippen LogP contribution in [0.2, 0.25) is 0 Å². The average Bonchev–Trinajstić information content (AvgIpc) is 3.02. The Morgan fingerprint density at radius 3 is 1.84 bits per heavy atom. The van der Waals surface area contributed by atoms with Crippen LogP contribution in [-0.2, 0) is 38.4 Å². The predicted octanol–water partition coefficient (Wildman–Crippen LogP) is 1.88. The number of phenolic OH excluding ortho intramolecular Hbond substituents is 1. The Kier molecular flexibility index (Phi) is 11.5. The molecule has 8 N–H and O–H groups in total. The van der Waals surface area contributed by atoms with Crippen molar-refractivity contribution >= 4 is 23.6 Å². The van der Waals surface area contributed by atoms with Crippen molar-refractivity contribution in [1.82, 2.24) is 16.0 Å². The first-order valence-electron chi connectivity index (χ1n) is 15.0. The number of benzene rings is 3. The summed E-state index contributed by atoms with van der Waals surface area (Å²) >= 11 is 0. The number of aromatic hydroxyl groups is 1. The van der Waals surface area contributed by atoms with Crippen molar-refractivity contribution in [3.8, 4) is 5.75 Å². The zero-order valence-corrected chi connectivity index (χ0v) is 24.7. The first-order chi connectivity index (χ1) is 21.2. The Morgan fingerprint density at radius 1 is 0.705 bits per heavy atom. The molecule has 0 heterocycles. The number of nitrogens with one attached hydrogen (secondary N) is 3. The zero-order chi connectivity index (χ0) is 31.5. The summed E-state index contributed by atoms with van der Waals surface area (Å²) < 4.78 is 0. The van der Waals surface area contributed by atoms with Gasteiger partial charge in [-0.25, -0.2) is 0 Å². The molecule has 3 aromatic carbocycles. The molecule has 0 unspecified atom stereocenters. The molecule has 0 spiro atoms. The lowest BCUT2D eigenvalue weighted by Crippen LogP contribution is -2.57. The van der Waals surface area contributed by atoms with Gasteiger partial charge < -0.3 is 32.5 Å². The molecule has 1 fully saturated rings. The van der Waals surface area contributed by atoms with Gasteiger partial charge in [0.25, 0.3) is 0 Å². The molecule has 5 atom stereocenters. The van der Waals surface area contributed by atoms with E-state index in [1.54, 1.807) is 12.1 Å². The lowest BCUT2D eigenvalue weighted by Gasteiger charge is -2.33. The van der Waals surface area contributed by atoms with E-state index in [2.05, 4.69) is 16.0 Å². The molecule has 10 heteroatoms. The topological polar surface area (TPSA) is 177 Å². The second-order valence-corrected chi connectivity index (χ2v) is 11.4. The molecule has 1 aliphatic rings. The van der Waals surface area contributed by atoms with E-state index in [0.29, 0.717) is 12.8 Å². The van der Waals surface area contributed by atoms with Crippen molar-refractivity contribution in [3.05, 3.63) is 102 Å². The van der Waals surface area contributed by atoms with Crippen LogP contribution < -0.4 is 27.4 Å². The van der Waals surface area contributed by atoms with Crippen molar-refractivity contribution in [2.45, 2.75) is 69.1 Å². The fourth-order valence-corrected chi connectivity index (χ4v) is 5.57. The van der Waals surface area contributed by atoms with Gasteiger partial charge in [0.2, 0.25) is 23.6 Å². The number of primary amides is 1. The van der Waals surface area contributed by atoms with E-state index in [4.69, 9.17) is 11.5 Å². The second kappa shape index (κ2) is 15.7. The van der Waals surface area contributed by atoms with Crippen LogP contribution in [0.1, 0.15) is 42.4 Å². The number of nitrogens with two attached hydrogens (primary N) is 2. The van der Waals surface area contributed by atoms with E-state index in [0.717, 1.165) is 29.5 Å². The Morgan fingerprint density at radius 2 is 1.25 bits per heavy atom. The molecule has 1 saturated carbocycles. The van der Waals surface area contributed by atoms with Crippen LogP contribution in [0.4, 0.5) is 0 Å². The first-order valence-corrected chi connectivity index (χ1v) is 15.0. The summed E-state index contributed by atoms with van der Waals surface area (Å²) in [6.07, 6.45) is 3.49. The van der Waals surface area contributed by atoms with E-state index >= 15 is 0 Å². The van der Waals surface area contributed by atoms with E-state index < -0.39 is 41.9 Å². The molecular weight excluding hydrogens is 558 g/mol. The van der Waals surface area contributed by atoms with Crippen molar-refractivity contribution in [2.24, 2.45) is 17.4 Å². The van der Waals surface area contributed by atoms with Crippen LogP contribution in [0.25, 0.3) is 0 Å². The molecule has 4 rings (SSSR count). The minimum Gasteiger partial charge on any atom is -0.508 e. The van der Waals surface area contributed by atoms with Gasteiger partial charge in [-0.2, -0.15) is 0 Å². The van der Waals surface area contributed by atoms with Gasteiger partial charge in [0, 0.05) is 18.9 Å². The Labute approximate surface area is 257 Å². The molecule has 3 aromatic rings. The molecule has 0 saturated heterocycles. The molecule has 44 heavy (non-hydrogen) atoms. The number of amides is 4. The number of hydrogen-bond donors (Lipinski definition) is 6. The molecule has 1 aliphatic carbocycles. The van der Waals surface area contributed by atoms with E-state index in [9.17, 15) is 24.3 Å². The highest BCUT2D eigenvalue weighted by Crippen LogP contribution is 2.25. The maximum atomic E-state index is 13.7. The zero-order valence-electron chi connectivity index (χ0n) is 24.7. The maximum Gasteiger partial charge on any atom is 0.243 e. The van der Waals surface area contributed by atoms with Gasteiger partial charge >= 0.3 is 0 Å². The summed E-state index contributed by atoms with van der Waals surface area (Å²) in [5.41, 5.74) is 14.3. The number of rotatable bonds is 13. The van der Waals surface area contributed by atoms with Gasteiger partial charge in [-0.1, -0.05) is 85.6 Å². The fraction of sp³-hybridized carbons (Fsp3) is 0.353. The molecule has 232 valence electrons. The SMILES string of the molecule is NC(=O)[C@H](Cc1ccccc1)NC(=O)[C@H](Cc1ccccc1)NC(=O)[C@@H]1CCCC[C@H]1NC(=O)[C@@H](N)Cc1ccc(O)cc1. The lowest BCUT2D eigenvalue weighted by atomic mass is 9.83. The monoisotopic (exact) mass is 599 g/mol. The van der Waals surface area contributed by atoms with Gasteiger partial charge in [0.05, 0.1) is 12.0 Å². The minimum atomic E-state index is -0.974. The summed E-state index contributed by atoms with van der Waals surface area (Å²) in [7, 11) is 0. The summed E-state index contributed by atoms with van der Waals surface area (Å²) in [6, 6.07) is 21.8. The summed E-state index contributed by atoms with van der Waals surface area (Å²) in [5, 5.41) is 18.1. The van der Waals surface area contributed by atoms with Crippen molar-refractivity contribution < 1.29 is 24.3 Å². The van der Waals surface area contributed by atoms with Crippen molar-refractivity contribution in [3.63, 3.8) is 0 Å². The number of hydrogen-bond acceptors (Lipinski definition) is 6. The Hall–Kier alpha value is -4.70. The Bertz CT molecular complexity index is 1400. The first kappa shape index (κ1) is 32.2. The average molecular weight is 600 g/mol. The van der Waals surface area contributed by atoms with Crippen molar-refractivity contribution in [2.75, 3.05) is 0 Å². The Balaban J connectivity index is 1.45. The molecular formula is C34H41N5O5. The third-order valence-electron chi connectivity index (χ3n) is 8.02. The molecule has 4 amide bonds. The van der Waals surface area contributed by atoms with Gasteiger partial charge in [-0.15, -0.1) is 0 Å². The number of carbonyl (C=O) groups excluding carboxylic acids is 4. The summed E-state index contributed by atoms with van der Waals surface area (Å²) in [6.45, 7) is 0. The van der Waals surface area contributed by atoms with Crippen LogP contribution in [0.3, 0.4) is 0 Å². The highest BCUT2D eigenvalue weighted by Gasteiger charge is 2.35. The summed E-state index contributed by atoms with van der Waals surface area (Å²) in [4.78, 5) is 52.6. The van der Waals surface area contributed by atoms with Crippen LogP contribution >= 0.6 is 0 Å². The number of carbonyl (C=O) groups is 4. The van der Waals surface area contributed by atoms with Crippen LogP contribution in [0, 0.1) is 5.92 Å². The highest BCUT2D eigenvalue weighted by molar-refractivity contribution is 5.92. The van der Waals surface area contributed by atoms with Crippen LogP contribution in [0.5, 0.6) is 5.75 Å². The third kappa shape index (κ3) is 9.40. The molecule has 10 nitrogen and oxygen atoms in total. The molecule has 0 bridgehead atoms. The quantitative estimate of drug-likeness (QED) is 0.175. The predicted molar refractivity (Wildman–Crippen MR) is 167 cm³/mol. The normalized spacial score (nSPS) is 18.3. The van der Waals surface area contributed by atoms with Gasteiger partial charge in [0.15, 0.2) is 0 Å².